The Labute approximate surface area is 108 Å². The minimum Gasteiger partial charge on any atom is -0.435 e. The lowest BCUT2D eigenvalue weighted by atomic mass is 10.4. The van der Waals surface area contributed by atoms with Crippen LogP contribution in [0, 0.1) is 0 Å². The molecule has 19 heavy (non-hydrogen) atoms. The molecule has 0 fully saturated rings. The van der Waals surface area contributed by atoms with E-state index in [4.69, 9.17) is 10.5 Å². The Morgan fingerprint density at radius 2 is 2.26 bits per heavy atom. The first-order valence-corrected chi connectivity index (χ1v) is 5.93. The van der Waals surface area contributed by atoms with E-state index in [-0.39, 0.29) is 5.95 Å². The third-order valence-electron chi connectivity index (χ3n) is 2.57. The topological polar surface area (TPSA) is 108 Å². The van der Waals surface area contributed by atoms with Crippen LogP contribution in [0.2, 0.25) is 0 Å². The van der Waals surface area contributed by atoms with Crippen LogP contribution in [-0.4, -0.2) is 29.9 Å². The average molecular weight is 259 g/mol. The Morgan fingerprint density at radius 1 is 1.37 bits per heavy atom. The van der Waals surface area contributed by atoms with Crippen LogP contribution in [0.4, 0.5) is 5.95 Å². The Bertz CT molecular complexity index is 702. The van der Waals surface area contributed by atoms with Crippen LogP contribution < -0.4 is 10.5 Å². The van der Waals surface area contributed by atoms with Crippen LogP contribution in [0.5, 0.6) is 11.6 Å². The van der Waals surface area contributed by atoms with Crippen molar-refractivity contribution >= 4 is 17.0 Å². The molecule has 0 atom stereocenters. The quantitative estimate of drug-likeness (QED) is 0.731. The Kier molecular flexibility index (Phi) is 2.75. The number of hydrogen-bond acceptors (Lipinski definition) is 6. The van der Waals surface area contributed by atoms with Gasteiger partial charge in [-0.2, -0.15) is 20.2 Å². The molecule has 0 aromatic carbocycles. The molecule has 3 aromatic heterocycles. The van der Waals surface area contributed by atoms with Crippen molar-refractivity contribution in [1.29, 1.82) is 0 Å². The van der Waals surface area contributed by atoms with Crippen LogP contribution in [-0.2, 0) is 6.54 Å². The number of anilines is 1. The molecule has 98 valence electrons. The number of nitrogens with zero attached hydrogens (tertiary/aromatic N) is 5. The molecule has 3 N–H and O–H groups in total. The molecule has 0 saturated heterocycles. The number of fused-ring (bicyclic) bond motifs is 1. The number of hydrogen-bond donors (Lipinski definition) is 2. The molecule has 3 aromatic rings. The summed E-state index contributed by atoms with van der Waals surface area (Å²) in [6, 6.07) is 0. The summed E-state index contributed by atoms with van der Waals surface area (Å²) in [5, 5.41) is 11.5. The van der Waals surface area contributed by atoms with Gasteiger partial charge in [-0.25, -0.2) is 0 Å². The standard InChI is InChI=1S/C11H13N7O/c1-2-3-18-6-7(4-14-18)19-10-8-5-13-17-9(8)15-11(12)16-10/h4-6H,2-3H2,1H3,(H3,12,13,15,16,17). The van der Waals surface area contributed by atoms with Crippen molar-refractivity contribution in [3.8, 4) is 11.6 Å². The normalized spacial score (nSPS) is 11.0. The van der Waals surface area contributed by atoms with Crippen LogP contribution in [0.3, 0.4) is 0 Å². The van der Waals surface area contributed by atoms with E-state index in [1.165, 1.54) is 0 Å². The largest absolute Gasteiger partial charge is 0.435 e. The summed E-state index contributed by atoms with van der Waals surface area (Å²) in [6.45, 7) is 2.93. The zero-order valence-electron chi connectivity index (χ0n) is 10.4. The third-order valence-corrected chi connectivity index (χ3v) is 2.57. The fourth-order valence-electron chi connectivity index (χ4n) is 1.76. The smallest absolute Gasteiger partial charge is 0.235 e. The molecule has 0 aliphatic heterocycles. The van der Waals surface area contributed by atoms with Gasteiger partial charge in [-0.05, 0) is 6.42 Å². The van der Waals surface area contributed by atoms with Crippen LogP contribution in [0.25, 0.3) is 11.0 Å². The summed E-state index contributed by atoms with van der Waals surface area (Å²) in [5.41, 5.74) is 6.16. The van der Waals surface area contributed by atoms with E-state index >= 15 is 0 Å². The van der Waals surface area contributed by atoms with E-state index in [9.17, 15) is 0 Å². The maximum atomic E-state index is 5.68. The predicted molar refractivity (Wildman–Crippen MR) is 68.7 cm³/mol. The molecule has 0 unspecified atom stereocenters. The van der Waals surface area contributed by atoms with E-state index < -0.39 is 0 Å². The van der Waals surface area contributed by atoms with Crippen molar-refractivity contribution in [2.24, 2.45) is 0 Å². The highest BCUT2D eigenvalue weighted by Crippen LogP contribution is 2.26. The first-order valence-electron chi connectivity index (χ1n) is 5.93. The number of ether oxygens (including phenoxy) is 1. The summed E-state index contributed by atoms with van der Waals surface area (Å²) in [6.07, 6.45) is 6.06. The van der Waals surface area contributed by atoms with Crippen molar-refractivity contribution in [2.45, 2.75) is 19.9 Å². The molecule has 0 bridgehead atoms. The molecular weight excluding hydrogens is 246 g/mol. The van der Waals surface area contributed by atoms with Crippen LogP contribution in [0.1, 0.15) is 13.3 Å². The molecule has 0 amide bonds. The van der Waals surface area contributed by atoms with Gasteiger partial charge in [0.15, 0.2) is 11.4 Å². The lowest BCUT2D eigenvalue weighted by Crippen LogP contribution is -1.98. The van der Waals surface area contributed by atoms with Crippen molar-refractivity contribution in [3.63, 3.8) is 0 Å². The van der Waals surface area contributed by atoms with Gasteiger partial charge < -0.3 is 10.5 Å². The van der Waals surface area contributed by atoms with Crippen molar-refractivity contribution in [1.82, 2.24) is 29.9 Å². The summed E-state index contributed by atoms with van der Waals surface area (Å²) in [5.74, 6) is 1.11. The number of aromatic nitrogens is 6. The zero-order chi connectivity index (χ0) is 13.2. The van der Waals surface area contributed by atoms with Crippen molar-refractivity contribution in [2.75, 3.05) is 5.73 Å². The summed E-state index contributed by atoms with van der Waals surface area (Å²) in [7, 11) is 0. The van der Waals surface area contributed by atoms with Crippen LogP contribution in [0.15, 0.2) is 18.6 Å². The van der Waals surface area contributed by atoms with E-state index in [0.29, 0.717) is 22.7 Å². The molecule has 0 aliphatic carbocycles. The summed E-state index contributed by atoms with van der Waals surface area (Å²) in [4.78, 5) is 8.09. The highest BCUT2D eigenvalue weighted by molar-refractivity contribution is 5.80. The third kappa shape index (κ3) is 2.19. The molecule has 8 nitrogen and oxygen atoms in total. The van der Waals surface area contributed by atoms with Gasteiger partial charge in [0.05, 0.1) is 18.6 Å². The molecule has 0 spiro atoms. The van der Waals surface area contributed by atoms with E-state index in [2.05, 4.69) is 32.2 Å². The van der Waals surface area contributed by atoms with Gasteiger partial charge in [0.1, 0.15) is 5.39 Å². The van der Waals surface area contributed by atoms with Crippen molar-refractivity contribution in [3.05, 3.63) is 18.6 Å². The molecule has 3 heterocycles. The average Bonchev–Trinajstić information content (AvgIpc) is 2.98. The molecule has 0 saturated carbocycles. The van der Waals surface area contributed by atoms with E-state index in [1.54, 1.807) is 12.4 Å². The zero-order valence-corrected chi connectivity index (χ0v) is 10.4. The first kappa shape index (κ1) is 11.5. The monoisotopic (exact) mass is 259 g/mol. The second-order valence-corrected chi connectivity index (χ2v) is 4.06. The number of rotatable bonds is 4. The maximum Gasteiger partial charge on any atom is 0.235 e. The Morgan fingerprint density at radius 3 is 3.11 bits per heavy atom. The molecule has 0 radical (unpaired) electrons. The Hall–Kier alpha value is -2.64. The fourth-order valence-corrected chi connectivity index (χ4v) is 1.76. The number of aryl methyl sites for hydroxylation is 1. The number of nitrogen functional groups attached to an aromatic ring is 1. The summed E-state index contributed by atoms with van der Waals surface area (Å²) >= 11 is 0. The molecular formula is C11H13N7O. The second-order valence-electron chi connectivity index (χ2n) is 4.06. The van der Waals surface area contributed by atoms with Gasteiger partial charge in [-0.3, -0.25) is 9.78 Å². The van der Waals surface area contributed by atoms with E-state index in [1.807, 2.05) is 10.9 Å². The van der Waals surface area contributed by atoms with Gasteiger partial charge in [0.2, 0.25) is 11.8 Å². The summed E-state index contributed by atoms with van der Waals surface area (Å²) < 4.78 is 7.50. The molecule has 8 heteroatoms. The second kappa shape index (κ2) is 4.56. The number of H-pyrrole nitrogens is 1. The fraction of sp³-hybridized carbons (Fsp3) is 0.273. The number of aromatic amines is 1. The maximum absolute atomic E-state index is 5.68. The van der Waals surface area contributed by atoms with Gasteiger partial charge in [0.25, 0.3) is 0 Å². The lowest BCUT2D eigenvalue weighted by molar-refractivity contribution is 0.467. The highest BCUT2D eigenvalue weighted by Gasteiger charge is 2.11. The minimum absolute atomic E-state index is 0.132. The molecule has 3 rings (SSSR count). The van der Waals surface area contributed by atoms with Gasteiger partial charge in [-0.1, -0.05) is 6.92 Å². The predicted octanol–water partition coefficient (Wildman–Crippen LogP) is 1.33. The first-order chi connectivity index (χ1) is 9.26. The SMILES string of the molecule is CCCn1cc(Oc2nc(N)nc3[nH]ncc23)cn1. The lowest BCUT2D eigenvalue weighted by Gasteiger charge is -2.03. The highest BCUT2D eigenvalue weighted by atomic mass is 16.5. The number of nitrogens with two attached hydrogens (primary N) is 1. The van der Waals surface area contributed by atoms with Gasteiger partial charge in [-0.15, -0.1) is 0 Å². The number of nitrogens with one attached hydrogen (secondary N) is 1. The van der Waals surface area contributed by atoms with Gasteiger partial charge in [0, 0.05) is 6.54 Å². The van der Waals surface area contributed by atoms with Crippen molar-refractivity contribution < 1.29 is 4.74 Å². The Balaban J connectivity index is 1.93. The van der Waals surface area contributed by atoms with Crippen LogP contribution >= 0.6 is 0 Å². The van der Waals surface area contributed by atoms with E-state index in [0.717, 1.165) is 13.0 Å². The molecule has 0 aliphatic rings. The van der Waals surface area contributed by atoms with Gasteiger partial charge >= 0.3 is 0 Å². The minimum atomic E-state index is 0.132.